The Bertz CT molecular complexity index is 205. The number of carboxylic acids is 1. The van der Waals surface area contributed by atoms with Crippen molar-refractivity contribution in [3.8, 4) is 0 Å². The molecule has 0 spiro atoms. The van der Waals surface area contributed by atoms with Crippen LogP contribution >= 0.6 is 7.60 Å². The summed E-state index contributed by atoms with van der Waals surface area (Å²) in [4.78, 5) is 26.9. The third kappa shape index (κ3) is 10.5. The van der Waals surface area contributed by atoms with Crippen LogP contribution in [0.2, 0.25) is 0 Å². The first kappa shape index (κ1) is 16.0. The zero-order valence-electron chi connectivity index (χ0n) is 7.38. The molecule has 8 heteroatoms. The normalized spacial score (nSPS) is 13.2. The molecule has 1 radical (unpaired) electrons. The Morgan fingerprint density at radius 1 is 1.46 bits per heavy atom. The van der Waals surface area contributed by atoms with Gasteiger partial charge < -0.3 is 20.6 Å². The van der Waals surface area contributed by atoms with Crippen LogP contribution in [0.4, 0.5) is 0 Å². The average molecular weight is 220 g/mol. The van der Waals surface area contributed by atoms with E-state index in [0.29, 0.717) is 0 Å². The number of carbonyl (C=O) groups is 1. The summed E-state index contributed by atoms with van der Waals surface area (Å²) in [7, 11) is -4.00. The maximum atomic E-state index is 10.3. The van der Waals surface area contributed by atoms with Crippen LogP contribution in [0.3, 0.4) is 0 Å². The minimum Gasteiger partial charge on any atom is -0.480 e. The molecule has 13 heavy (non-hydrogen) atoms. The first-order valence-corrected chi connectivity index (χ1v) is 5.15. The molecule has 0 bridgehead atoms. The van der Waals surface area contributed by atoms with Crippen molar-refractivity contribution in [1.29, 1.82) is 0 Å². The van der Waals surface area contributed by atoms with Crippen molar-refractivity contribution in [2.75, 3.05) is 6.16 Å². The van der Waals surface area contributed by atoms with Crippen LogP contribution in [0.15, 0.2) is 0 Å². The van der Waals surface area contributed by atoms with Gasteiger partial charge >= 0.3 is 13.6 Å². The molecule has 0 aliphatic rings. The predicted molar refractivity (Wildman–Crippen MR) is 47.5 cm³/mol. The van der Waals surface area contributed by atoms with E-state index >= 15 is 0 Å². The topological polar surface area (TPSA) is 121 Å². The summed E-state index contributed by atoms with van der Waals surface area (Å²) in [6, 6.07) is -1.03. The molecular weight excluding hydrogens is 208 g/mol. The Kier molecular flexibility index (Phi) is 8.57. The molecule has 0 amide bonds. The molecule has 0 aliphatic heterocycles. The molecule has 0 aliphatic carbocycles. The Hall–Kier alpha value is 0.580. The van der Waals surface area contributed by atoms with Crippen molar-refractivity contribution in [3.05, 3.63) is 0 Å². The first-order chi connectivity index (χ1) is 5.33. The van der Waals surface area contributed by atoms with Crippen molar-refractivity contribution in [2.45, 2.75) is 18.9 Å². The quantitative estimate of drug-likeness (QED) is 0.347. The first-order valence-electron chi connectivity index (χ1n) is 3.36. The minimum absolute atomic E-state index is 0. The molecule has 73 valence electrons. The molecule has 0 heterocycles. The van der Waals surface area contributed by atoms with Gasteiger partial charge in [0.1, 0.15) is 6.04 Å². The van der Waals surface area contributed by atoms with E-state index in [2.05, 4.69) is 0 Å². The Balaban J connectivity index is 0. The smallest absolute Gasteiger partial charge is 0.325 e. The summed E-state index contributed by atoms with van der Waals surface area (Å²) < 4.78 is 10.3. The van der Waals surface area contributed by atoms with Crippen LogP contribution in [0, 0.1) is 0 Å². The van der Waals surface area contributed by atoms with Crippen LogP contribution in [-0.2, 0) is 9.36 Å². The van der Waals surface area contributed by atoms with Gasteiger partial charge in [-0.3, -0.25) is 9.36 Å². The van der Waals surface area contributed by atoms with Gasteiger partial charge in [-0.15, -0.1) is 0 Å². The van der Waals surface area contributed by atoms with Gasteiger partial charge in [-0.05, 0) is 12.8 Å². The number of carboxylic acid groups (broad SMARTS) is 1. The summed E-state index contributed by atoms with van der Waals surface area (Å²) in [5, 5.41) is 8.29. The van der Waals surface area contributed by atoms with E-state index in [1.165, 1.54) is 0 Å². The van der Waals surface area contributed by atoms with E-state index in [4.69, 9.17) is 20.6 Å². The fraction of sp³-hybridized carbons (Fsp3) is 0.800. The van der Waals surface area contributed by atoms with Crippen LogP contribution in [-0.4, -0.2) is 62.6 Å². The Labute approximate surface area is 98.0 Å². The zero-order chi connectivity index (χ0) is 9.78. The number of aliphatic carboxylic acids is 1. The molecule has 0 rings (SSSR count). The van der Waals surface area contributed by atoms with Crippen molar-refractivity contribution in [3.63, 3.8) is 0 Å². The summed E-state index contributed by atoms with van der Waals surface area (Å²) in [6.45, 7) is 0. The second-order valence-electron chi connectivity index (χ2n) is 2.48. The van der Waals surface area contributed by atoms with Crippen LogP contribution in [0.5, 0.6) is 0 Å². The summed E-state index contributed by atoms with van der Waals surface area (Å²) >= 11 is 0. The maximum absolute atomic E-state index is 10.3. The fourth-order valence-corrected chi connectivity index (χ4v) is 1.24. The van der Waals surface area contributed by atoms with Crippen LogP contribution in [0.25, 0.3) is 0 Å². The molecule has 0 aromatic heterocycles. The number of hydrogen-bond acceptors (Lipinski definition) is 3. The van der Waals surface area contributed by atoms with Crippen molar-refractivity contribution in [1.82, 2.24) is 0 Å². The molecule has 6 nitrogen and oxygen atoms in total. The molecule has 1 unspecified atom stereocenters. The molecule has 1 atom stereocenters. The van der Waals surface area contributed by atoms with Crippen molar-refractivity contribution >= 4 is 43.1 Å². The van der Waals surface area contributed by atoms with Gasteiger partial charge in [0.25, 0.3) is 0 Å². The molecule has 0 saturated heterocycles. The van der Waals surface area contributed by atoms with E-state index in [1.807, 2.05) is 0 Å². The standard InChI is InChI=1S/C5H12NO5P.Na/c6-4(5(7)8)2-1-3-12(9,10)11;/h4H,1-3,6H2,(H,7,8)(H2,9,10,11);. The second kappa shape index (κ2) is 6.95. The van der Waals surface area contributed by atoms with E-state index < -0.39 is 19.6 Å². The summed E-state index contributed by atoms with van der Waals surface area (Å²) in [5.74, 6) is -1.15. The Morgan fingerprint density at radius 2 is 1.92 bits per heavy atom. The molecule has 5 N–H and O–H groups in total. The Morgan fingerprint density at radius 3 is 2.23 bits per heavy atom. The van der Waals surface area contributed by atoms with Crippen molar-refractivity contribution < 1.29 is 24.3 Å². The van der Waals surface area contributed by atoms with E-state index in [1.54, 1.807) is 0 Å². The summed E-state index contributed by atoms with van der Waals surface area (Å²) in [6.07, 6.45) is -0.105. The third-order valence-electron chi connectivity index (χ3n) is 1.28. The van der Waals surface area contributed by atoms with Crippen LogP contribution < -0.4 is 5.73 Å². The third-order valence-corrected chi connectivity index (χ3v) is 2.18. The largest absolute Gasteiger partial charge is 0.480 e. The monoisotopic (exact) mass is 220 g/mol. The van der Waals surface area contributed by atoms with Gasteiger partial charge in [0, 0.05) is 35.7 Å². The van der Waals surface area contributed by atoms with Crippen molar-refractivity contribution in [2.24, 2.45) is 5.73 Å². The van der Waals surface area contributed by atoms with Gasteiger partial charge in [-0.1, -0.05) is 0 Å². The van der Waals surface area contributed by atoms with E-state index in [0.717, 1.165) is 0 Å². The molecule has 0 fully saturated rings. The number of hydrogen-bond donors (Lipinski definition) is 4. The predicted octanol–water partition coefficient (Wildman–Crippen LogP) is -1.02. The van der Waals surface area contributed by atoms with Gasteiger partial charge in [0.15, 0.2) is 0 Å². The zero-order valence-corrected chi connectivity index (χ0v) is 10.3. The molecule has 0 aromatic rings. The average Bonchev–Trinajstić information content (AvgIpc) is 1.84. The van der Waals surface area contributed by atoms with E-state index in [-0.39, 0.29) is 48.6 Å². The van der Waals surface area contributed by atoms with Gasteiger partial charge in [0.05, 0.1) is 0 Å². The van der Waals surface area contributed by atoms with Gasteiger partial charge in [-0.25, -0.2) is 0 Å². The molecular formula is C5H12NNaO5P. The SMILES string of the molecule is NC(CCCP(=O)(O)O)C(=O)O.[Na]. The summed E-state index contributed by atoms with van der Waals surface area (Å²) in [5.41, 5.74) is 5.09. The van der Waals surface area contributed by atoms with E-state index in [9.17, 15) is 9.36 Å². The number of rotatable bonds is 5. The fourth-order valence-electron chi connectivity index (χ4n) is 0.641. The van der Waals surface area contributed by atoms with Gasteiger partial charge in [0.2, 0.25) is 0 Å². The molecule has 0 saturated carbocycles. The molecule has 0 aromatic carbocycles. The number of nitrogens with two attached hydrogens (primary N) is 1. The second-order valence-corrected chi connectivity index (χ2v) is 4.25. The minimum atomic E-state index is -4.00. The maximum Gasteiger partial charge on any atom is 0.325 e. The van der Waals surface area contributed by atoms with Crippen LogP contribution in [0.1, 0.15) is 12.8 Å². The van der Waals surface area contributed by atoms with Gasteiger partial charge in [-0.2, -0.15) is 0 Å².